The molecular weight excluding hydrogens is 175 g/mol. The molecular formula is C9H17FO3. The molecule has 0 bridgehead atoms. The van der Waals surface area contributed by atoms with Gasteiger partial charge in [0.15, 0.2) is 6.10 Å². The molecule has 3 nitrogen and oxygen atoms in total. The number of ether oxygens (including phenoxy) is 1. The summed E-state index contributed by atoms with van der Waals surface area (Å²) in [5, 5.41) is 9.47. The third kappa shape index (κ3) is 2.40. The maximum atomic E-state index is 13.5. The number of halogens is 1. The van der Waals surface area contributed by atoms with E-state index in [1.807, 2.05) is 0 Å². The molecule has 0 spiro atoms. The minimum absolute atomic E-state index is 0.810. The minimum atomic E-state index is -1.65. The number of aliphatic hydroxyl groups is 1. The van der Waals surface area contributed by atoms with E-state index in [1.165, 1.54) is 27.7 Å². The molecule has 78 valence electrons. The van der Waals surface area contributed by atoms with Gasteiger partial charge >= 0.3 is 5.97 Å². The Morgan fingerprint density at radius 2 is 1.77 bits per heavy atom. The molecule has 0 aromatic rings. The Hall–Kier alpha value is -0.640. The van der Waals surface area contributed by atoms with Crippen molar-refractivity contribution >= 4 is 5.97 Å². The van der Waals surface area contributed by atoms with Gasteiger partial charge in [-0.1, -0.05) is 13.8 Å². The van der Waals surface area contributed by atoms with Crippen molar-refractivity contribution in [2.75, 3.05) is 7.11 Å². The molecule has 1 N–H and O–H groups in total. The van der Waals surface area contributed by atoms with Gasteiger partial charge in [0.05, 0.1) is 7.11 Å². The average Bonchev–Trinajstić information content (AvgIpc) is 1.99. The van der Waals surface area contributed by atoms with E-state index in [0.717, 1.165) is 7.11 Å². The first-order valence-electron chi connectivity index (χ1n) is 4.09. The summed E-state index contributed by atoms with van der Waals surface area (Å²) in [5.41, 5.74) is -2.82. The summed E-state index contributed by atoms with van der Waals surface area (Å²) in [7, 11) is 1.16. The first-order valence-corrected chi connectivity index (χ1v) is 4.09. The number of rotatable bonds is 3. The van der Waals surface area contributed by atoms with E-state index < -0.39 is 23.2 Å². The van der Waals surface area contributed by atoms with Crippen LogP contribution in [0.15, 0.2) is 0 Å². The molecule has 0 saturated heterocycles. The highest BCUT2D eigenvalue weighted by molar-refractivity contribution is 5.75. The second-order valence-electron chi connectivity index (χ2n) is 4.12. The summed E-state index contributed by atoms with van der Waals surface area (Å²) in [5.74, 6) is -0.810. The van der Waals surface area contributed by atoms with Crippen LogP contribution in [-0.2, 0) is 9.53 Å². The van der Waals surface area contributed by atoms with Crippen molar-refractivity contribution < 1.29 is 19.0 Å². The third-order valence-corrected chi connectivity index (χ3v) is 2.64. The lowest BCUT2D eigenvalue weighted by Gasteiger charge is -2.37. The normalized spacial score (nSPS) is 15.3. The Morgan fingerprint density at radius 3 is 2.00 bits per heavy atom. The largest absolute Gasteiger partial charge is 0.467 e. The first-order chi connectivity index (χ1) is 5.64. The number of carbonyl (C=O) groups excluding carboxylic acids is 1. The Kier molecular flexibility index (Phi) is 3.44. The maximum Gasteiger partial charge on any atom is 0.335 e. The molecule has 0 aromatic heterocycles. The zero-order valence-corrected chi connectivity index (χ0v) is 8.72. The minimum Gasteiger partial charge on any atom is -0.467 e. The zero-order chi connectivity index (χ0) is 10.9. The fourth-order valence-electron chi connectivity index (χ4n) is 0.731. The van der Waals surface area contributed by atoms with Crippen LogP contribution in [0.4, 0.5) is 4.39 Å². The molecule has 1 atom stereocenters. The van der Waals surface area contributed by atoms with Gasteiger partial charge in [-0.25, -0.2) is 9.18 Å². The summed E-state index contributed by atoms with van der Waals surface area (Å²) in [4.78, 5) is 11.0. The SMILES string of the molecule is COC(=O)C(O)C(C)(C)C(C)(C)F. The second kappa shape index (κ2) is 3.62. The number of hydrogen-bond donors (Lipinski definition) is 1. The molecule has 1 unspecified atom stereocenters. The van der Waals surface area contributed by atoms with E-state index in [4.69, 9.17) is 0 Å². The molecule has 0 rings (SSSR count). The molecule has 0 fully saturated rings. The van der Waals surface area contributed by atoms with Crippen molar-refractivity contribution in [3.05, 3.63) is 0 Å². The Labute approximate surface area is 77.9 Å². The molecule has 0 aliphatic rings. The van der Waals surface area contributed by atoms with Crippen LogP contribution in [0.2, 0.25) is 0 Å². The van der Waals surface area contributed by atoms with Crippen LogP contribution in [-0.4, -0.2) is 30.0 Å². The number of esters is 1. The van der Waals surface area contributed by atoms with E-state index in [2.05, 4.69) is 4.74 Å². The standard InChI is InChI=1S/C9H17FO3/c1-8(2,9(3,4)10)6(11)7(12)13-5/h6,11H,1-5H3. The highest BCUT2D eigenvalue weighted by Gasteiger charge is 2.46. The molecule has 0 heterocycles. The number of aliphatic hydroxyl groups excluding tert-OH is 1. The summed E-state index contributed by atoms with van der Waals surface area (Å²) in [6.07, 6.45) is -1.45. The van der Waals surface area contributed by atoms with Crippen LogP contribution >= 0.6 is 0 Å². The van der Waals surface area contributed by atoms with E-state index >= 15 is 0 Å². The number of hydrogen-bond acceptors (Lipinski definition) is 3. The Bertz CT molecular complexity index is 194. The predicted octanol–water partition coefficient (Wildman–Crippen LogP) is 1.29. The van der Waals surface area contributed by atoms with Crippen LogP contribution in [0.3, 0.4) is 0 Å². The van der Waals surface area contributed by atoms with Crippen LogP contribution in [0.25, 0.3) is 0 Å². The van der Waals surface area contributed by atoms with Crippen molar-refractivity contribution in [2.24, 2.45) is 5.41 Å². The quantitative estimate of drug-likeness (QED) is 0.685. The van der Waals surface area contributed by atoms with Crippen molar-refractivity contribution in [1.82, 2.24) is 0 Å². The average molecular weight is 192 g/mol. The molecule has 0 saturated carbocycles. The van der Waals surface area contributed by atoms with Gasteiger partial charge in [0, 0.05) is 5.41 Å². The van der Waals surface area contributed by atoms with Crippen molar-refractivity contribution in [3.8, 4) is 0 Å². The van der Waals surface area contributed by atoms with Crippen LogP contribution < -0.4 is 0 Å². The maximum absolute atomic E-state index is 13.5. The van der Waals surface area contributed by atoms with Gasteiger partial charge in [0.1, 0.15) is 5.67 Å². The molecule has 0 aromatic carbocycles. The van der Waals surface area contributed by atoms with Gasteiger partial charge in [-0.3, -0.25) is 0 Å². The van der Waals surface area contributed by atoms with E-state index in [9.17, 15) is 14.3 Å². The topological polar surface area (TPSA) is 46.5 Å². The third-order valence-electron chi connectivity index (χ3n) is 2.64. The number of alkyl halides is 1. The van der Waals surface area contributed by atoms with Crippen molar-refractivity contribution in [2.45, 2.75) is 39.5 Å². The Balaban J connectivity index is 4.74. The van der Waals surface area contributed by atoms with Gasteiger partial charge in [0.2, 0.25) is 0 Å². The summed E-state index contributed by atoms with van der Waals surface area (Å²) in [6.45, 7) is 5.60. The van der Waals surface area contributed by atoms with Crippen LogP contribution in [0.5, 0.6) is 0 Å². The van der Waals surface area contributed by atoms with Crippen molar-refractivity contribution in [3.63, 3.8) is 0 Å². The van der Waals surface area contributed by atoms with E-state index in [0.29, 0.717) is 0 Å². The summed E-state index contributed by atoms with van der Waals surface area (Å²) >= 11 is 0. The van der Waals surface area contributed by atoms with Gasteiger partial charge in [-0.05, 0) is 13.8 Å². The van der Waals surface area contributed by atoms with E-state index in [-0.39, 0.29) is 0 Å². The molecule has 0 aliphatic heterocycles. The Morgan fingerprint density at radius 1 is 1.38 bits per heavy atom. The van der Waals surface area contributed by atoms with Crippen molar-refractivity contribution in [1.29, 1.82) is 0 Å². The number of carbonyl (C=O) groups is 1. The van der Waals surface area contributed by atoms with Gasteiger partial charge in [-0.2, -0.15) is 0 Å². The zero-order valence-electron chi connectivity index (χ0n) is 8.72. The van der Waals surface area contributed by atoms with Gasteiger partial charge in [0.25, 0.3) is 0 Å². The van der Waals surface area contributed by atoms with Crippen LogP contribution in [0, 0.1) is 5.41 Å². The molecule has 0 radical (unpaired) electrons. The molecule has 4 heteroatoms. The van der Waals surface area contributed by atoms with E-state index in [1.54, 1.807) is 0 Å². The second-order valence-corrected chi connectivity index (χ2v) is 4.12. The number of methoxy groups -OCH3 is 1. The van der Waals surface area contributed by atoms with Gasteiger partial charge < -0.3 is 9.84 Å². The lowest BCUT2D eigenvalue weighted by atomic mass is 9.74. The van der Waals surface area contributed by atoms with Gasteiger partial charge in [-0.15, -0.1) is 0 Å². The molecule has 13 heavy (non-hydrogen) atoms. The first kappa shape index (κ1) is 12.4. The lowest BCUT2D eigenvalue weighted by Crippen LogP contribution is -2.48. The molecule has 0 amide bonds. The summed E-state index contributed by atoms with van der Waals surface area (Å²) in [6, 6.07) is 0. The monoisotopic (exact) mass is 192 g/mol. The lowest BCUT2D eigenvalue weighted by molar-refractivity contribution is -0.164. The fourth-order valence-corrected chi connectivity index (χ4v) is 0.731. The highest BCUT2D eigenvalue weighted by Crippen LogP contribution is 2.37. The van der Waals surface area contributed by atoms with Crippen LogP contribution in [0.1, 0.15) is 27.7 Å². The fraction of sp³-hybridized carbons (Fsp3) is 0.889. The highest BCUT2D eigenvalue weighted by atomic mass is 19.1. The predicted molar refractivity (Wildman–Crippen MR) is 47.0 cm³/mol. The summed E-state index contributed by atoms with van der Waals surface area (Å²) < 4.78 is 17.9. The smallest absolute Gasteiger partial charge is 0.335 e. The molecule has 0 aliphatic carbocycles.